The van der Waals surface area contributed by atoms with E-state index in [1.54, 1.807) is 11.9 Å². The third-order valence-electron chi connectivity index (χ3n) is 3.29. The minimum Gasteiger partial charge on any atom is -0.335 e. The van der Waals surface area contributed by atoms with Crippen molar-refractivity contribution in [1.29, 1.82) is 0 Å². The molecule has 1 N–H and O–H groups in total. The highest BCUT2D eigenvalue weighted by atomic mass is 35.5. The van der Waals surface area contributed by atoms with E-state index in [0.717, 1.165) is 25.7 Å². The van der Waals surface area contributed by atoms with Crippen LogP contribution in [0.4, 0.5) is 0 Å². The minimum absolute atomic E-state index is 0.101. The van der Waals surface area contributed by atoms with Crippen molar-refractivity contribution >= 4 is 39.7 Å². The highest BCUT2D eigenvalue weighted by Crippen LogP contribution is 2.24. The number of aryl methyl sites for hydroxylation is 1. The topological polar surface area (TPSA) is 49.0 Å². The van der Waals surface area contributed by atoms with Gasteiger partial charge in [-0.25, -0.2) is 0 Å². The lowest BCUT2D eigenvalue weighted by molar-refractivity contribution is 0.0782. The monoisotopic (exact) mass is 319 g/mol. The van der Waals surface area contributed by atoms with E-state index < -0.39 is 0 Å². The van der Waals surface area contributed by atoms with E-state index in [4.69, 9.17) is 11.6 Å². The standard InChI is InChI=1S/C15H14ClN3OS/c1-9-3-5-12-11(7-9)14(18-17-12)15(20)19(2)8-10-4-6-13(16)21-10/h3-7H,8H2,1-2H3,(H,17,18). The van der Waals surface area contributed by atoms with E-state index in [1.165, 1.54) is 11.3 Å². The molecule has 0 saturated heterocycles. The Morgan fingerprint density at radius 1 is 1.38 bits per heavy atom. The quantitative estimate of drug-likeness (QED) is 0.797. The van der Waals surface area contributed by atoms with Gasteiger partial charge in [0.15, 0.2) is 5.69 Å². The first-order valence-corrected chi connectivity index (χ1v) is 7.68. The van der Waals surface area contributed by atoms with Crippen molar-refractivity contribution in [3.8, 4) is 0 Å². The summed E-state index contributed by atoms with van der Waals surface area (Å²) in [6.07, 6.45) is 0. The second-order valence-electron chi connectivity index (χ2n) is 4.99. The van der Waals surface area contributed by atoms with Gasteiger partial charge < -0.3 is 4.90 Å². The minimum atomic E-state index is -0.101. The molecule has 1 amide bonds. The van der Waals surface area contributed by atoms with Crippen molar-refractivity contribution in [3.05, 3.63) is 50.8 Å². The van der Waals surface area contributed by atoms with E-state index in [1.807, 2.05) is 37.3 Å². The molecule has 1 aromatic carbocycles. The van der Waals surface area contributed by atoms with E-state index in [9.17, 15) is 4.79 Å². The molecule has 0 fully saturated rings. The molecule has 108 valence electrons. The molecule has 0 aliphatic rings. The van der Waals surface area contributed by atoms with Gasteiger partial charge in [0.1, 0.15) is 0 Å². The van der Waals surface area contributed by atoms with Gasteiger partial charge in [0.25, 0.3) is 5.91 Å². The molecule has 0 atom stereocenters. The van der Waals surface area contributed by atoms with Crippen LogP contribution in [0, 0.1) is 6.92 Å². The van der Waals surface area contributed by atoms with Crippen molar-refractivity contribution < 1.29 is 4.79 Å². The first kappa shape index (κ1) is 14.1. The molecule has 3 rings (SSSR count). The van der Waals surface area contributed by atoms with Gasteiger partial charge in [0.2, 0.25) is 0 Å². The van der Waals surface area contributed by atoms with Gasteiger partial charge in [-0.2, -0.15) is 5.10 Å². The van der Waals surface area contributed by atoms with Gasteiger partial charge in [-0.15, -0.1) is 11.3 Å². The zero-order valence-corrected chi connectivity index (χ0v) is 13.3. The number of nitrogens with zero attached hydrogens (tertiary/aromatic N) is 2. The van der Waals surface area contributed by atoms with E-state index in [0.29, 0.717) is 12.2 Å². The number of nitrogens with one attached hydrogen (secondary N) is 1. The zero-order chi connectivity index (χ0) is 15.0. The Morgan fingerprint density at radius 3 is 2.90 bits per heavy atom. The summed E-state index contributed by atoms with van der Waals surface area (Å²) in [5.41, 5.74) is 2.43. The van der Waals surface area contributed by atoms with Crippen LogP contribution in [-0.2, 0) is 6.54 Å². The summed E-state index contributed by atoms with van der Waals surface area (Å²) in [5.74, 6) is -0.101. The largest absolute Gasteiger partial charge is 0.335 e. The fourth-order valence-electron chi connectivity index (χ4n) is 2.21. The number of benzene rings is 1. The summed E-state index contributed by atoms with van der Waals surface area (Å²) in [6.45, 7) is 2.52. The summed E-state index contributed by atoms with van der Waals surface area (Å²) in [5, 5.41) is 7.93. The molecule has 6 heteroatoms. The Kier molecular flexibility index (Phi) is 3.69. The summed E-state index contributed by atoms with van der Waals surface area (Å²) >= 11 is 7.40. The van der Waals surface area contributed by atoms with Gasteiger partial charge >= 0.3 is 0 Å². The lowest BCUT2D eigenvalue weighted by atomic mass is 10.1. The van der Waals surface area contributed by atoms with Gasteiger partial charge in [-0.3, -0.25) is 9.89 Å². The number of H-pyrrole nitrogens is 1. The number of halogens is 1. The number of hydrogen-bond donors (Lipinski definition) is 1. The van der Waals surface area contributed by atoms with Crippen molar-refractivity contribution in [1.82, 2.24) is 15.1 Å². The average molecular weight is 320 g/mol. The van der Waals surface area contributed by atoms with Crippen LogP contribution in [0.3, 0.4) is 0 Å². The van der Waals surface area contributed by atoms with Crippen molar-refractivity contribution in [2.24, 2.45) is 0 Å². The Balaban J connectivity index is 1.87. The number of hydrogen-bond acceptors (Lipinski definition) is 3. The van der Waals surface area contributed by atoms with Crippen LogP contribution in [0.1, 0.15) is 20.9 Å². The number of fused-ring (bicyclic) bond motifs is 1. The first-order chi connectivity index (χ1) is 10.0. The van der Waals surface area contributed by atoms with Crippen molar-refractivity contribution in [2.75, 3.05) is 7.05 Å². The maximum Gasteiger partial charge on any atom is 0.275 e. The third-order valence-corrected chi connectivity index (χ3v) is 4.51. The molecule has 0 saturated carbocycles. The fourth-order valence-corrected chi connectivity index (χ4v) is 3.36. The van der Waals surface area contributed by atoms with Crippen molar-refractivity contribution in [3.63, 3.8) is 0 Å². The van der Waals surface area contributed by atoms with Crippen LogP contribution in [0.25, 0.3) is 10.9 Å². The normalized spacial score (nSPS) is 11.0. The van der Waals surface area contributed by atoms with Gasteiger partial charge in [0, 0.05) is 17.3 Å². The van der Waals surface area contributed by atoms with Gasteiger partial charge in [-0.05, 0) is 31.2 Å². The summed E-state index contributed by atoms with van der Waals surface area (Å²) in [4.78, 5) is 15.3. The number of carbonyl (C=O) groups excluding carboxylic acids is 1. The zero-order valence-electron chi connectivity index (χ0n) is 11.7. The Hall–Kier alpha value is -1.85. The highest BCUT2D eigenvalue weighted by molar-refractivity contribution is 7.16. The number of aromatic nitrogens is 2. The molecule has 0 bridgehead atoms. The molecule has 4 nitrogen and oxygen atoms in total. The Morgan fingerprint density at radius 2 is 2.19 bits per heavy atom. The molecule has 2 aromatic heterocycles. The smallest absolute Gasteiger partial charge is 0.275 e. The Bertz CT molecular complexity index is 808. The lowest BCUT2D eigenvalue weighted by Crippen LogP contribution is -2.26. The molecule has 0 spiro atoms. The predicted octanol–water partition coefficient (Wildman–Crippen LogP) is 3.86. The van der Waals surface area contributed by atoms with Crippen LogP contribution in [0.2, 0.25) is 4.34 Å². The highest BCUT2D eigenvalue weighted by Gasteiger charge is 2.18. The van der Waals surface area contributed by atoms with Crippen LogP contribution >= 0.6 is 22.9 Å². The van der Waals surface area contributed by atoms with Crippen LogP contribution in [0.5, 0.6) is 0 Å². The second-order valence-corrected chi connectivity index (χ2v) is 6.79. The summed E-state index contributed by atoms with van der Waals surface area (Å²) in [7, 11) is 1.77. The van der Waals surface area contributed by atoms with E-state index in [-0.39, 0.29) is 5.91 Å². The van der Waals surface area contributed by atoms with Crippen LogP contribution in [0.15, 0.2) is 30.3 Å². The SMILES string of the molecule is Cc1ccc2[nH]nc(C(=O)N(C)Cc3ccc(Cl)s3)c2c1. The first-order valence-electron chi connectivity index (χ1n) is 6.49. The molecule has 3 aromatic rings. The maximum atomic E-state index is 12.6. The Labute approximate surface area is 131 Å². The maximum absolute atomic E-state index is 12.6. The average Bonchev–Trinajstić information content (AvgIpc) is 3.04. The molecular weight excluding hydrogens is 306 g/mol. The number of amides is 1. The summed E-state index contributed by atoms with van der Waals surface area (Å²) in [6, 6.07) is 9.68. The van der Waals surface area contributed by atoms with Crippen molar-refractivity contribution in [2.45, 2.75) is 13.5 Å². The molecule has 21 heavy (non-hydrogen) atoms. The number of aromatic amines is 1. The molecule has 2 heterocycles. The summed E-state index contributed by atoms with van der Waals surface area (Å²) < 4.78 is 0.728. The van der Waals surface area contributed by atoms with Crippen LogP contribution in [-0.4, -0.2) is 28.1 Å². The number of carbonyl (C=O) groups is 1. The second kappa shape index (κ2) is 5.50. The van der Waals surface area contributed by atoms with Gasteiger partial charge in [-0.1, -0.05) is 23.2 Å². The molecule has 0 unspecified atom stereocenters. The number of thiophene rings is 1. The molecule has 0 aliphatic heterocycles. The molecular formula is C15H14ClN3OS. The van der Waals surface area contributed by atoms with E-state index >= 15 is 0 Å². The molecule has 0 aliphatic carbocycles. The third kappa shape index (κ3) is 2.80. The molecule has 0 radical (unpaired) electrons. The lowest BCUT2D eigenvalue weighted by Gasteiger charge is -2.14. The fraction of sp³-hybridized carbons (Fsp3) is 0.200. The number of rotatable bonds is 3. The van der Waals surface area contributed by atoms with E-state index in [2.05, 4.69) is 10.2 Å². The van der Waals surface area contributed by atoms with Gasteiger partial charge in [0.05, 0.1) is 16.4 Å². The van der Waals surface area contributed by atoms with Crippen LogP contribution < -0.4 is 0 Å². The predicted molar refractivity (Wildman–Crippen MR) is 86.0 cm³/mol.